The van der Waals surface area contributed by atoms with Crippen LogP contribution in [0.1, 0.15) is 27.0 Å². The summed E-state index contributed by atoms with van der Waals surface area (Å²) in [5.41, 5.74) is 5.06. The van der Waals surface area contributed by atoms with Crippen molar-refractivity contribution in [1.29, 1.82) is 0 Å². The molecule has 2 N–H and O–H groups in total. The van der Waals surface area contributed by atoms with Crippen molar-refractivity contribution in [1.82, 2.24) is 0 Å². The summed E-state index contributed by atoms with van der Waals surface area (Å²) < 4.78 is 0. The van der Waals surface area contributed by atoms with Crippen LogP contribution in [0.2, 0.25) is 13.1 Å². The minimum absolute atomic E-state index is 0.0276. The van der Waals surface area contributed by atoms with Crippen LogP contribution in [-0.2, 0) is 4.79 Å². The van der Waals surface area contributed by atoms with Gasteiger partial charge in [0.15, 0.2) is 5.78 Å². The fourth-order valence-corrected chi connectivity index (χ4v) is 7.25. The first kappa shape index (κ1) is 18.2. The van der Waals surface area contributed by atoms with Crippen molar-refractivity contribution >= 4 is 30.6 Å². The van der Waals surface area contributed by atoms with Crippen molar-refractivity contribution in [2.75, 3.05) is 0 Å². The largest absolute Gasteiger partial charge is 0.508 e. The number of carboxylic acids is 1. The Morgan fingerprint density at radius 1 is 1.00 bits per heavy atom. The molecule has 4 rings (SSSR count). The van der Waals surface area contributed by atoms with Gasteiger partial charge in [0.2, 0.25) is 0 Å². The molecule has 0 aromatic heterocycles. The molecule has 0 saturated carbocycles. The van der Waals surface area contributed by atoms with Crippen molar-refractivity contribution < 1.29 is 19.8 Å². The van der Waals surface area contributed by atoms with E-state index in [2.05, 4.69) is 13.1 Å². The number of aryl methyl sites for hydroxylation is 1. The predicted octanol–water partition coefficient (Wildman–Crippen LogP) is 3.73. The molecule has 4 nitrogen and oxygen atoms in total. The molecule has 0 radical (unpaired) electrons. The van der Waals surface area contributed by atoms with Crippen molar-refractivity contribution in [3.63, 3.8) is 0 Å². The Morgan fingerprint density at radius 2 is 1.71 bits per heavy atom. The molecule has 0 atom stereocenters. The Kier molecular flexibility index (Phi) is 4.01. The second kappa shape index (κ2) is 6.17. The van der Waals surface area contributed by atoms with E-state index in [0.717, 1.165) is 38.2 Å². The van der Waals surface area contributed by atoms with Gasteiger partial charge >= 0.3 is 5.97 Å². The van der Waals surface area contributed by atoms with E-state index >= 15 is 0 Å². The highest BCUT2D eigenvalue weighted by molar-refractivity contribution is 6.98. The number of allylic oxidation sites excluding steroid dienone is 5. The smallest absolute Gasteiger partial charge is 0.335 e. The number of phenolic OH excluding ortho intramolecular Hbond substituents is 1. The molecule has 2 aliphatic rings. The quantitative estimate of drug-likeness (QED) is 0.769. The predicted molar refractivity (Wildman–Crippen MR) is 112 cm³/mol. The number of fused-ring (bicyclic) bond motifs is 2. The zero-order chi connectivity index (χ0) is 20.2. The van der Waals surface area contributed by atoms with Gasteiger partial charge in [0.25, 0.3) is 0 Å². The van der Waals surface area contributed by atoms with Crippen molar-refractivity contribution in [2.24, 2.45) is 0 Å². The summed E-state index contributed by atoms with van der Waals surface area (Å²) in [5.74, 6) is -0.780. The number of carboxylic acid groups (broad SMARTS) is 1. The van der Waals surface area contributed by atoms with E-state index < -0.39 is 14.0 Å². The summed E-state index contributed by atoms with van der Waals surface area (Å²) in [6.45, 7) is 6.26. The lowest BCUT2D eigenvalue weighted by Gasteiger charge is -2.37. The highest BCUT2D eigenvalue weighted by Gasteiger charge is 2.40. The van der Waals surface area contributed by atoms with Gasteiger partial charge in [-0.1, -0.05) is 31.3 Å². The molecule has 0 saturated heterocycles. The first-order valence-corrected chi connectivity index (χ1v) is 12.1. The maximum Gasteiger partial charge on any atom is 0.335 e. The van der Waals surface area contributed by atoms with E-state index in [4.69, 9.17) is 0 Å². The maximum atomic E-state index is 12.1. The van der Waals surface area contributed by atoms with Gasteiger partial charge in [-0.25, -0.2) is 4.79 Å². The van der Waals surface area contributed by atoms with E-state index in [9.17, 15) is 19.8 Å². The highest BCUT2D eigenvalue weighted by Crippen LogP contribution is 2.42. The highest BCUT2D eigenvalue weighted by atomic mass is 28.3. The van der Waals surface area contributed by atoms with Crippen LogP contribution < -0.4 is 5.19 Å². The number of hydrogen-bond donors (Lipinski definition) is 2. The Bertz CT molecular complexity index is 1150. The minimum Gasteiger partial charge on any atom is -0.508 e. The third-order valence-electron chi connectivity index (χ3n) is 5.62. The number of aromatic hydroxyl groups is 1. The number of phenols is 1. The third-order valence-corrected chi connectivity index (χ3v) is 9.14. The second-order valence-corrected chi connectivity index (χ2v) is 12.1. The van der Waals surface area contributed by atoms with Crippen LogP contribution in [-0.4, -0.2) is 30.0 Å². The lowest BCUT2D eigenvalue weighted by molar-refractivity contribution is -0.110. The first-order valence-electron chi connectivity index (χ1n) is 9.07. The number of carbonyl (C=O) groups excluding carboxylic acids is 1. The third kappa shape index (κ3) is 2.67. The Labute approximate surface area is 164 Å². The molecule has 0 spiro atoms. The molecular formula is C23H20O4Si. The maximum absolute atomic E-state index is 12.1. The van der Waals surface area contributed by atoms with Crippen molar-refractivity contribution in [2.45, 2.75) is 20.0 Å². The number of carbonyl (C=O) groups is 2. The number of benzene rings is 2. The van der Waals surface area contributed by atoms with Gasteiger partial charge in [0, 0.05) is 0 Å². The van der Waals surface area contributed by atoms with Gasteiger partial charge in [0.1, 0.15) is 13.8 Å². The average Bonchev–Trinajstić information content (AvgIpc) is 2.64. The standard InChI is InChI=1S/C23H20O4Si/c1-13-10-14(23(26)27)4-7-17(13)22-18-8-5-15(24)11-20(18)28(2,3)21-12-16(25)6-9-19(21)22/h4-12,24H,1-3H3,(H,26,27). The fraction of sp³-hybridized carbons (Fsp3) is 0.130. The lowest BCUT2D eigenvalue weighted by atomic mass is 9.87. The Balaban J connectivity index is 2.08. The van der Waals surface area contributed by atoms with Crippen LogP contribution in [0.15, 0.2) is 65.4 Å². The average molecular weight is 388 g/mol. The number of rotatable bonds is 2. The summed E-state index contributed by atoms with van der Waals surface area (Å²) in [6.07, 6.45) is 5.17. The molecule has 1 heterocycles. The summed E-state index contributed by atoms with van der Waals surface area (Å²) in [7, 11) is -2.19. The van der Waals surface area contributed by atoms with E-state index in [-0.39, 0.29) is 17.1 Å². The van der Waals surface area contributed by atoms with Crippen molar-refractivity contribution in [3.05, 3.63) is 87.6 Å². The monoisotopic (exact) mass is 388 g/mol. The zero-order valence-corrected chi connectivity index (χ0v) is 16.9. The van der Waals surface area contributed by atoms with Crippen LogP contribution in [0.25, 0.3) is 5.57 Å². The van der Waals surface area contributed by atoms with Gasteiger partial charge < -0.3 is 10.2 Å². The van der Waals surface area contributed by atoms with Gasteiger partial charge in [-0.05, 0) is 81.6 Å². The molecule has 0 amide bonds. The van der Waals surface area contributed by atoms with Crippen LogP contribution >= 0.6 is 0 Å². The molecule has 1 aliphatic carbocycles. The summed E-state index contributed by atoms with van der Waals surface area (Å²) in [5, 5.41) is 21.5. The fourth-order valence-electron chi connectivity index (χ4n) is 4.18. The molecule has 5 heteroatoms. The SMILES string of the molecule is Cc1cc(C(=O)O)ccc1C1=C2C=CC(=O)C=C2[Si](C)(C)c2cc(O)ccc21. The van der Waals surface area contributed by atoms with Gasteiger partial charge in [-0.15, -0.1) is 0 Å². The summed E-state index contributed by atoms with van der Waals surface area (Å²) in [6, 6.07) is 10.5. The van der Waals surface area contributed by atoms with E-state index in [0.29, 0.717) is 0 Å². The zero-order valence-electron chi connectivity index (χ0n) is 15.9. The molecule has 0 fully saturated rings. The second-order valence-electron chi connectivity index (χ2n) is 7.77. The first-order chi connectivity index (χ1) is 13.2. The molecule has 1 aliphatic heterocycles. The van der Waals surface area contributed by atoms with Crippen LogP contribution in [0.5, 0.6) is 5.75 Å². The van der Waals surface area contributed by atoms with Gasteiger partial charge in [0.05, 0.1) is 5.56 Å². The molecule has 2 aromatic carbocycles. The molecule has 2 aromatic rings. The minimum atomic E-state index is -2.19. The lowest BCUT2D eigenvalue weighted by Crippen LogP contribution is -2.49. The molecule has 140 valence electrons. The van der Waals surface area contributed by atoms with Gasteiger partial charge in [-0.2, -0.15) is 0 Å². The number of hydrogen-bond acceptors (Lipinski definition) is 3. The number of ketones is 1. The van der Waals surface area contributed by atoms with E-state index in [1.165, 1.54) is 0 Å². The normalized spacial score (nSPS) is 17.1. The molecule has 0 bridgehead atoms. The van der Waals surface area contributed by atoms with Crippen LogP contribution in [0.3, 0.4) is 0 Å². The molecule has 0 unspecified atom stereocenters. The molecular weight excluding hydrogens is 368 g/mol. The summed E-state index contributed by atoms with van der Waals surface area (Å²) >= 11 is 0. The molecule has 28 heavy (non-hydrogen) atoms. The van der Waals surface area contributed by atoms with E-state index in [1.54, 1.807) is 30.4 Å². The van der Waals surface area contributed by atoms with Crippen molar-refractivity contribution in [3.8, 4) is 5.75 Å². The topological polar surface area (TPSA) is 74.6 Å². The Morgan fingerprint density at radius 3 is 2.39 bits per heavy atom. The number of aromatic carboxylic acids is 1. The van der Waals surface area contributed by atoms with E-state index in [1.807, 2.05) is 31.2 Å². The Hall–Kier alpha value is -3.18. The van der Waals surface area contributed by atoms with Crippen LogP contribution in [0, 0.1) is 6.92 Å². The van der Waals surface area contributed by atoms with Gasteiger partial charge in [-0.3, -0.25) is 4.79 Å². The summed E-state index contributed by atoms with van der Waals surface area (Å²) in [4.78, 5) is 23.5. The van der Waals surface area contributed by atoms with Crippen LogP contribution in [0.4, 0.5) is 0 Å².